The quantitative estimate of drug-likeness (QED) is 0.557. The van der Waals surface area contributed by atoms with Gasteiger partial charge in [0.1, 0.15) is 0 Å². The smallest absolute Gasteiger partial charge is 0.313 e. The van der Waals surface area contributed by atoms with E-state index in [0.29, 0.717) is 0 Å². The molecule has 1 aromatic heterocycles. The molecule has 2 amide bonds. The van der Waals surface area contributed by atoms with E-state index in [-0.39, 0.29) is 48.8 Å². The number of rotatable bonds is 3. The monoisotopic (exact) mass is 385 g/mol. The van der Waals surface area contributed by atoms with Crippen LogP contribution in [0.5, 0.6) is 0 Å². The van der Waals surface area contributed by atoms with Crippen LogP contribution in [-0.4, -0.2) is 29.3 Å². The topological polar surface area (TPSA) is 74.0 Å². The summed E-state index contributed by atoms with van der Waals surface area (Å²) in [5.74, 6) is -6.70. The van der Waals surface area contributed by atoms with Gasteiger partial charge in [0, 0.05) is 37.0 Å². The fourth-order valence-electron chi connectivity index (χ4n) is 3.17. The van der Waals surface area contributed by atoms with Crippen LogP contribution in [0.1, 0.15) is 32.6 Å². The van der Waals surface area contributed by atoms with Crippen LogP contribution in [0.3, 0.4) is 0 Å². The minimum Gasteiger partial charge on any atom is -0.359 e. The average Bonchev–Trinajstić information content (AvgIpc) is 2.98. The summed E-state index contributed by atoms with van der Waals surface area (Å²) < 4.78 is 53.1. The second kappa shape index (κ2) is 6.86. The van der Waals surface area contributed by atoms with Crippen LogP contribution in [0.25, 0.3) is 10.9 Å². The molecular weight excluding hydrogens is 366 g/mol. The number of carbonyl (C=O) groups excluding carboxylic acids is 2. The number of amides is 2. The number of carbonyl (C=O) groups is 2. The minimum atomic E-state index is -2.68. The van der Waals surface area contributed by atoms with Crippen LogP contribution in [0, 0.1) is 17.0 Å². The van der Waals surface area contributed by atoms with Crippen LogP contribution < -0.4 is 10.6 Å². The summed E-state index contributed by atoms with van der Waals surface area (Å²) >= 11 is 0. The van der Waals surface area contributed by atoms with Gasteiger partial charge in [-0.3, -0.25) is 9.59 Å². The third-order valence-corrected chi connectivity index (χ3v) is 5.04. The average molecular weight is 385 g/mol. The van der Waals surface area contributed by atoms with E-state index in [2.05, 4.69) is 15.6 Å². The van der Waals surface area contributed by atoms with E-state index >= 15 is 0 Å². The van der Waals surface area contributed by atoms with E-state index in [1.165, 1.54) is 6.20 Å². The molecule has 5 nitrogen and oxygen atoms in total. The van der Waals surface area contributed by atoms with E-state index in [0.717, 1.165) is 12.1 Å². The Kier molecular flexibility index (Phi) is 4.88. The maximum absolute atomic E-state index is 13.4. The van der Waals surface area contributed by atoms with Crippen molar-refractivity contribution < 1.29 is 27.2 Å². The van der Waals surface area contributed by atoms with Gasteiger partial charge in [0.2, 0.25) is 5.92 Å². The molecular formula is C18H19F4N3O2. The van der Waals surface area contributed by atoms with Gasteiger partial charge >= 0.3 is 11.8 Å². The van der Waals surface area contributed by atoms with Gasteiger partial charge in [-0.05, 0) is 24.3 Å². The van der Waals surface area contributed by atoms with E-state index in [1.54, 1.807) is 6.92 Å². The first-order chi connectivity index (χ1) is 12.6. The standard InChI is InChI=1S/C18H19F4N3O2/c1-17(2-4-18(21,22)5-3-17)9-24-15(26)16(27)25-14-8-23-13-7-12(20)11(19)6-10(13)14/h6-8,23H,2-5,9H2,1H3,(H,24,26)(H,25,27). The third-order valence-electron chi connectivity index (χ3n) is 5.04. The Balaban J connectivity index is 1.60. The number of hydrogen-bond donors (Lipinski definition) is 3. The van der Waals surface area contributed by atoms with Gasteiger partial charge in [0.05, 0.1) is 11.2 Å². The van der Waals surface area contributed by atoms with Crippen molar-refractivity contribution >= 4 is 28.4 Å². The molecule has 1 fully saturated rings. The number of fused-ring (bicyclic) bond motifs is 1. The Labute approximate surface area is 152 Å². The summed E-state index contributed by atoms with van der Waals surface area (Å²) in [6, 6.07) is 1.86. The number of aromatic nitrogens is 1. The molecule has 1 aliphatic carbocycles. The van der Waals surface area contributed by atoms with Crippen molar-refractivity contribution in [2.75, 3.05) is 11.9 Å². The molecule has 3 N–H and O–H groups in total. The van der Waals surface area contributed by atoms with Gasteiger partial charge in [-0.25, -0.2) is 17.6 Å². The number of alkyl halides is 2. The van der Waals surface area contributed by atoms with Crippen molar-refractivity contribution in [1.82, 2.24) is 10.3 Å². The zero-order valence-corrected chi connectivity index (χ0v) is 14.6. The zero-order chi connectivity index (χ0) is 19.8. The SMILES string of the molecule is CC1(CNC(=O)C(=O)Nc2c[nH]c3cc(F)c(F)cc23)CCC(F)(F)CC1. The van der Waals surface area contributed by atoms with Crippen molar-refractivity contribution in [2.24, 2.45) is 5.41 Å². The molecule has 27 heavy (non-hydrogen) atoms. The molecule has 146 valence electrons. The number of halogens is 4. The van der Waals surface area contributed by atoms with Gasteiger partial charge in [-0.1, -0.05) is 6.92 Å². The Morgan fingerprint density at radius 1 is 1.07 bits per heavy atom. The molecule has 0 bridgehead atoms. The molecule has 1 saturated carbocycles. The summed E-state index contributed by atoms with van der Waals surface area (Å²) in [5, 5.41) is 5.01. The molecule has 0 radical (unpaired) electrons. The lowest BCUT2D eigenvalue weighted by atomic mass is 9.74. The van der Waals surface area contributed by atoms with Crippen LogP contribution in [0.2, 0.25) is 0 Å². The summed E-state index contributed by atoms with van der Waals surface area (Å²) in [4.78, 5) is 26.8. The van der Waals surface area contributed by atoms with Crippen LogP contribution >= 0.6 is 0 Å². The molecule has 0 saturated heterocycles. The predicted molar refractivity (Wildman–Crippen MR) is 91.4 cm³/mol. The number of H-pyrrole nitrogens is 1. The number of nitrogens with one attached hydrogen (secondary N) is 3. The maximum Gasteiger partial charge on any atom is 0.313 e. The van der Waals surface area contributed by atoms with Gasteiger partial charge < -0.3 is 15.6 Å². The molecule has 0 spiro atoms. The number of aromatic amines is 1. The lowest BCUT2D eigenvalue weighted by Gasteiger charge is -2.37. The Hall–Kier alpha value is -2.58. The second-order valence-electron chi connectivity index (χ2n) is 7.32. The molecule has 0 unspecified atom stereocenters. The van der Waals surface area contributed by atoms with Gasteiger partial charge in [0.25, 0.3) is 0 Å². The van der Waals surface area contributed by atoms with Crippen molar-refractivity contribution in [2.45, 2.75) is 38.5 Å². The summed E-state index contributed by atoms with van der Waals surface area (Å²) in [7, 11) is 0. The molecule has 1 heterocycles. The predicted octanol–water partition coefficient (Wildman–Crippen LogP) is 3.72. The molecule has 3 rings (SSSR count). The van der Waals surface area contributed by atoms with Gasteiger partial charge in [-0.2, -0.15) is 0 Å². The fraction of sp³-hybridized carbons (Fsp3) is 0.444. The van der Waals surface area contributed by atoms with Gasteiger partial charge in [-0.15, -0.1) is 0 Å². The van der Waals surface area contributed by atoms with Gasteiger partial charge in [0.15, 0.2) is 11.6 Å². The van der Waals surface area contributed by atoms with E-state index < -0.39 is 34.8 Å². The molecule has 2 aromatic rings. The van der Waals surface area contributed by atoms with Crippen LogP contribution in [-0.2, 0) is 9.59 Å². The van der Waals surface area contributed by atoms with E-state index in [9.17, 15) is 27.2 Å². The summed E-state index contributed by atoms with van der Waals surface area (Å²) in [6.45, 7) is 1.89. The third kappa shape index (κ3) is 4.23. The van der Waals surface area contributed by atoms with Crippen molar-refractivity contribution in [3.63, 3.8) is 0 Å². The molecule has 0 aliphatic heterocycles. The first-order valence-corrected chi connectivity index (χ1v) is 8.52. The summed E-state index contributed by atoms with van der Waals surface area (Å²) in [6.07, 6.45) is 1.32. The first kappa shape index (κ1) is 19.2. The minimum absolute atomic E-state index is 0.100. The molecule has 9 heteroatoms. The highest BCUT2D eigenvalue weighted by molar-refractivity contribution is 6.40. The van der Waals surface area contributed by atoms with E-state index in [4.69, 9.17) is 0 Å². The highest BCUT2D eigenvalue weighted by Crippen LogP contribution is 2.42. The molecule has 0 atom stereocenters. The Morgan fingerprint density at radius 2 is 1.70 bits per heavy atom. The first-order valence-electron chi connectivity index (χ1n) is 8.52. The zero-order valence-electron chi connectivity index (χ0n) is 14.6. The highest BCUT2D eigenvalue weighted by Gasteiger charge is 2.40. The lowest BCUT2D eigenvalue weighted by Crippen LogP contribution is -2.44. The Morgan fingerprint density at radius 3 is 2.37 bits per heavy atom. The fourth-order valence-corrected chi connectivity index (χ4v) is 3.17. The van der Waals surface area contributed by atoms with Crippen molar-refractivity contribution in [3.8, 4) is 0 Å². The van der Waals surface area contributed by atoms with E-state index in [1.807, 2.05) is 0 Å². The number of anilines is 1. The largest absolute Gasteiger partial charge is 0.359 e. The maximum atomic E-state index is 13.4. The van der Waals surface area contributed by atoms with Crippen LogP contribution in [0.15, 0.2) is 18.3 Å². The molecule has 1 aromatic carbocycles. The Bertz CT molecular complexity index is 884. The normalized spacial score (nSPS) is 18.3. The van der Waals surface area contributed by atoms with Crippen molar-refractivity contribution in [3.05, 3.63) is 30.0 Å². The molecule has 1 aliphatic rings. The lowest BCUT2D eigenvalue weighted by molar-refractivity contribution is -0.136. The van der Waals surface area contributed by atoms with Crippen molar-refractivity contribution in [1.29, 1.82) is 0 Å². The number of benzene rings is 1. The second-order valence-corrected chi connectivity index (χ2v) is 7.32. The van der Waals surface area contributed by atoms with Crippen LogP contribution in [0.4, 0.5) is 23.2 Å². The highest BCUT2D eigenvalue weighted by atomic mass is 19.3. The summed E-state index contributed by atoms with van der Waals surface area (Å²) in [5.41, 5.74) is -0.105. The number of hydrogen-bond acceptors (Lipinski definition) is 2.